The second-order valence-corrected chi connectivity index (χ2v) is 7.39. The van der Waals surface area contributed by atoms with Crippen LogP contribution < -0.4 is 5.32 Å². The summed E-state index contributed by atoms with van der Waals surface area (Å²) in [6, 6.07) is 0. The molecule has 2 heterocycles. The topological polar surface area (TPSA) is 60.8 Å². The van der Waals surface area contributed by atoms with Crippen LogP contribution in [0.2, 0.25) is 0 Å². The van der Waals surface area contributed by atoms with Gasteiger partial charge in [0.25, 0.3) is 0 Å². The van der Waals surface area contributed by atoms with Gasteiger partial charge in [0.15, 0.2) is 5.96 Å². The highest BCUT2D eigenvalue weighted by atomic mass is 127. The number of nitrogens with zero attached hydrogens (tertiary/aromatic N) is 4. The molecule has 0 aromatic carbocycles. The van der Waals surface area contributed by atoms with Crippen molar-refractivity contribution in [3.63, 3.8) is 0 Å². The van der Waals surface area contributed by atoms with E-state index in [4.69, 9.17) is 4.98 Å². The summed E-state index contributed by atoms with van der Waals surface area (Å²) >= 11 is 1.75. The Hall–Kier alpha value is -0.900. The number of piperazine rings is 1. The fourth-order valence-corrected chi connectivity index (χ4v) is 3.82. The second-order valence-electron chi connectivity index (χ2n) is 6.10. The van der Waals surface area contributed by atoms with Crippen molar-refractivity contribution in [2.24, 2.45) is 4.99 Å². The molecule has 1 fully saturated rings. The lowest BCUT2D eigenvalue weighted by Gasteiger charge is -2.36. The van der Waals surface area contributed by atoms with Crippen LogP contribution in [0.1, 0.15) is 42.3 Å². The van der Waals surface area contributed by atoms with E-state index in [0.29, 0.717) is 12.5 Å². The normalized spacial score (nSPS) is 15.5. The number of rotatable bonds is 3. The number of halogens is 1. The molecule has 1 aromatic heterocycles. The maximum atomic E-state index is 11.4. The molecule has 1 aromatic rings. The van der Waals surface area contributed by atoms with Crippen molar-refractivity contribution in [1.82, 2.24) is 20.1 Å². The summed E-state index contributed by atoms with van der Waals surface area (Å²) < 4.78 is 0. The summed E-state index contributed by atoms with van der Waals surface area (Å²) in [5, 5.41) is 4.49. The van der Waals surface area contributed by atoms with Crippen molar-refractivity contribution < 1.29 is 4.79 Å². The highest BCUT2D eigenvalue weighted by Crippen LogP contribution is 2.23. The minimum absolute atomic E-state index is 0. The monoisotopic (exact) mass is 465 g/mol. The molecule has 1 aliphatic rings. The lowest BCUT2D eigenvalue weighted by molar-refractivity contribution is -0.130. The van der Waals surface area contributed by atoms with Crippen LogP contribution >= 0.6 is 35.3 Å². The summed E-state index contributed by atoms with van der Waals surface area (Å²) in [6.45, 7) is 11.9. The van der Waals surface area contributed by atoms with Gasteiger partial charge in [-0.1, -0.05) is 13.8 Å². The Morgan fingerprint density at radius 2 is 1.88 bits per heavy atom. The molecular weight excluding hydrogens is 437 g/mol. The number of thiazole rings is 1. The summed E-state index contributed by atoms with van der Waals surface area (Å²) in [6.07, 6.45) is 0. The Morgan fingerprint density at radius 3 is 2.33 bits per heavy atom. The number of carbonyl (C=O) groups excluding carboxylic acids is 1. The third-order valence-corrected chi connectivity index (χ3v) is 5.04. The predicted molar refractivity (Wildman–Crippen MR) is 110 cm³/mol. The second kappa shape index (κ2) is 9.55. The van der Waals surface area contributed by atoms with E-state index in [1.807, 2.05) is 4.90 Å². The number of carbonyl (C=O) groups is 1. The summed E-state index contributed by atoms with van der Waals surface area (Å²) in [5.74, 6) is 1.48. The Labute approximate surface area is 165 Å². The van der Waals surface area contributed by atoms with Crippen molar-refractivity contribution >= 4 is 47.2 Å². The van der Waals surface area contributed by atoms with Crippen molar-refractivity contribution in [3.8, 4) is 0 Å². The minimum atomic E-state index is 0. The Bertz CT molecular complexity index is 579. The number of aryl methyl sites for hydroxylation is 1. The van der Waals surface area contributed by atoms with Gasteiger partial charge in [-0.3, -0.25) is 9.79 Å². The number of aromatic nitrogens is 1. The fourth-order valence-electron chi connectivity index (χ4n) is 2.80. The summed E-state index contributed by atoms with van der Waals surface area (Å²) in [4.78, 5) is 25.9. The highest BCUT2D eigenvalue weighted by Gasteiger charge is 2.21. The van der Waals surface area contributed by atoms with Crippen molar-refractivity contribution in [3.05, 3.63) is 15.6 Å². The van der Waals surface area contributed by atoms with E-state index < -0.39 is 0 Å². The number of amides is 1. The van der Waals surface area contributed by atoms with Crippen LogP contribution in [0.3, 0.4) is 0 Å². The van der Waals surface area contributed by atoms with Crippen LogP contribution in [0.4, 0.5) is 0 Å². The third kappa shape index (κ3) is 5.30. The molecule has 0 unspecified atom stereocenters. The first kappa shape index (κ1) is 21.1. The van der Waals surface area contributed by atoms with Crippen LogP contribution in [0, 0.1) is 6.92 Å². The Morgan fingerprint density at radius 1 is 1.29 bits per heavy atom. The number of nitrogens with one attached hydrogen (secondary N) is 1. The molecule has 24 heavy (non-hydrogen) atoms. The number of guanidine groups is 1. The molecule has 0 bridgehead atoms. The van der Waals surface area contributed by atoms with E-state index in [1.165, 1.54) is 10.6 Å². The van der Waals surface area contributed by atoms with Crippen LogP contribution in [0.5, 0.6) is 0 Å². The zero-order valence-electron chi connectivity index (χ0n) is 15.1. The smallest absolute Gasteiger partial charge is 0.219 e. The third-order valence-electron chi connectivity index (χ3n) is 4.06. The van der Waals surface area contributed by atoms with Crippen molar-refractivity contribution in [2.75, 3.05) is 33.2 Å². The zero-order chi connectivity index (χ0) is 17.0. The van der Waals surface area contributed by atoms with E-state index in [-0.39, 0.29) is 29.9 Å². The summed E-state index contributed by atoms with van der Waals surface area (Å²) in [5.41, 5.74) is 1.19. The van der Waals surface area contributed by atoms with E-state index in [2.05, 4.69) is 36.0 Å². The van der Waals surface area contributed by atoms with E-state index in [9.17, 15) is 4.79 Å². The Kier molecular flexibility index (Phi) is 8.41. The molecule has 1 N–H and O–H groups in total. The van der Waals surface area contributed by atoms with Gasteiger partial charge in [0, 0.05) is 45.0 Å². The zero-order valence-corrected chi connectivity index (χ0v) is 18.3. The first-order valence-electron chi connectivity index (χ1n) is 8.09. The van der Waals surface area contributed by atoms with Crippen molar-refractivity contribution in [2.45, 2.75) is 40.2 Å². The van der Waals surface area contributed by atoms with Gasteiger partial charge in [-0.15, -0.1) is 35.3 Å². The average molecular weight is 465 g/mol. The first-order chi connectivity index (χ1) is 10.9. The van der Waals surface area contributed by atoms with Gasteiger partial charge in [-0.05, 0) is 12.8 Å². The number of aliphatic imine (C=N–C) groups is 1. The molecule has 1 amide bonds. The van der Waals surface area contributed by atoms with Gasteiger partial charge < -0.3 is 15.1 Å². The van der Waals surface area contributed by atoms with Gasteiger partial charge in [0.05, 0.1) is 12.2 Å². The van der Waals surface area contributed by atoms with Gasteiger partial charge in [-0.2, -0.15) is 0 Å². The maximum absolute atomic E-state index is 11.4. The van der Waals surface area contributed by atoms with Gasteiger partial charge >= 0.3 is 0 Å². The molecule has 136 valence electrons. The van der Waals surface area contributed by atoms with Gasteiger partial charge in [0.1, 0.15) is 5.01 Å². The quantitative estimate of drug-likeness (QED) is 0.423. The van der Waals surface area contributed by atoms with Crippen LogP contribution in [-0.2, 0) is 11.3 Å². The minimum Gasteiger partial charge on any atom is -0.350 e. The lowest BCUT2D eigenvalue weighted by atomic mass is 10.1. The molecule has 1 aliphatic heterocycles. The van der Waals surface area contributed by atoms with Gasteiger partial charge in [0.2, 0.25) is 5.91 Å². The molecule has 0 saturated carbocycles. The first-order valence-corrected chi connectivity index (χ1v) is 8.91. The molecular formula is C16H28IN5OS. The largest absolute Gasteiger partial charge is 0.350 e. The molecule has 0 radical (unpaired) electrons. The maximum Gasteiger partial charge on any atom is 0.219 e. The SMILES string of the molecule is CN=C(NCc1nc(C(C)C)c(C)s1)N1CCN(C(C)=O)CC1.I. The predicted octanol–water partition coefficient (Wildman–Crippen LogP) is 2.43. The van der Waals surface area contributed by atoms with Crippen molar-refractivity contribution in [1.29, 1.82) is 0 Å². The summed E-state index contributed by atoms with van der Waals surface area (Å²) in [7, 11) is 1.80. The lowest BCUT2D eigenvalue weighted by Crippen LogP contribution is -2.53. The standard InChI is InChI=1S/C16H27N5OS.HI/c1-11(2)15-12(3)23-14(19-15)10-18-16(17-5)21-8-6-20(7-9-21)13(4)22;/h11H,6-10H2,1-5H3,(H,17,18);1H. The molecule has 0 spiro atoms. The van der Waals surface area contributed by atoms with E-state index in [1.54, 1.807) is 25.3 Å². The number of hydrogen-bond acceptors (Lipinski definition) is 4. The van der Waals surface area contributed by atoms with Crippen LogP contribution in [0.15, 0.2) is 4.99 Å². The fraction of sp³-hybridized carbons (Fsp3) is 0.688. The Balaban J connectivity index is 0.00000288. The molecule has 0 aliphatic carbocycles. The molecule has 8 heteroatoms. The average Bonchev–Trinajstić information content (AvgIpc) is 2.89. The van der Waals surface area contributed by atoms with Gasteiger partial charge in [-0.25, -0.2) is 4.98 Å². The molecule has 2 rings (SSSR count). The van der Waals surface area contributed by atoms with Crippen LogP contribution in [0.25, 0.3) is 0 Å². The van der Waals surface area contributed by atoms with Crippen LogP contribution in [-0.4, -0.2) is 59.9 Å². The van der Waals surface area contributed by atoms with E-state index in [0.717, 1.165) is 37.1 Å². The molecule has 1 saturated heterocycles. The van der Waals surface area contributed by atoms with E-state index >= 15 is 0 Å². The molecule has 6 nitrogen and oxygen atoms in total. The molecule has 0 atom stereocenters. The highest BCUT2D eigenvalue weighted by molar-refractivity contribution is 14.0. The number of hydrogen-bond donors (Lipinski definition) is 1.